The van der Waals surface area contributed by atoms with Crippen molar-refractivity contribution in [3.05, 3.63) is 66.8 Å². The summed E-state index contributed by atoms with van der Waals surface area (Å²) in [5.74, 6) is 0.576. The molecule has 0 unspecified atom stereocenters. The Bertz CT molecular complexity index is 1290. The van der Waals surface area contributed by atoms with E-state index in [-0.39, 0.29) is 23.6 Å². The van der Waals surface area contributed by atoms with E-state index < -0.39 is 0 Å². The summed E-state index contributed by atoms with van der Waals surface area (Å²) in [6.45, 7) is 6.07. The van der Waals surface area contributed by atoms with Crippen LogP contribution in [0, 0.1) is 18.3 Å². The maximum Gasteiger partial charge on any atom is 0.270 e. The van der Waals surface area contributed by atoms with E-state index >= 15 is 0 Å². The summed E-state index contributed by atoms with van der Waals surface area (Å²) >= 11 is 13.1. The number of carbonyl (C=O) groups excluding carboxylic acids is 1. The first-order valence-electron chi connectivity index (χ1n) is 11.3. The van der Waals surface area contributed by atoms with Crippen LogP contribution in [-0.4, -0.2) is 32.8 Å². The van der Waals surface area contributed by atoms with Gasteiger partial charge >= 0.3 is 0 Å². The van der Waals surface area contributed by atoms with Gasteiger partial charge in [-0.25, -0.2) is 0 Å². The van der Waals surface area contributed by atoms with E-state index in [1.54, 1.807) is 28.5 Å². The van der Waals surface area contributed by atoms with E-state index in [1.165, 1.54) is 11.8 Å². The van der Waals surface area contributed by atoms with Crippen molar-refractivity contribution in [3.63, 3.8) is 0 Å². The van der Waals surface area contributed by atoms with Crippen LogP contribution in [0.25, 0.3) is 6.08 Å². The molecule has 0 N–H and O–H groups in total. The number of nitrogens with zero attached hydrogens (tertiary/aromatic N) is 4. The quantitative estimate of drug-likeness (QED) is 0.410. The number of thiocarbonyl (C=S) groups is 1. The zero-order valence-corrected chi connectivity index (χ0v) is 21.5. The highest BCUT2D eigenvalue weighted by Gasteiger charge is 2.33. The van der Waals surface area contributed by atoms with Crippen LogP contribution < -0.4 is 10.5 Å². The fourth-order valence-corrected chi connectivity index (χ4v) is 5.88. The number of amides is 1. The summed E-state index contributed by atoms with van der Waals surface area (Å²) < 4.78 is 2.12. The van der Waals surface area contributed by atoms with Crippen molar-refractivity contribution in [2.24, 2.45) is 0 Å². The van der Waals surface area contributed by atoms with Gasteiger partial charge in [0.15, 0.2) is 0 Å². The van der Waals surface area contributed by atoms with Gasteiger partial charge in [-0.05, 0) is 56.4 Å². The Labute approximate surface area is 213 Å². The van der Waals surface area contributed by atoms with Gasteiger partial charge in [-0.2, -0.15) is 5.26 Å². The SMILES string of the molecule is CCn1c(N2CCCCC2)c(C=C2SC(=S)N(Cc3ccccc3Cl)C2=O)c(C)c(C#N)c1=O. The number of piperidine rings is 1. The molecule has 0 spiro atoms. The molecule has 0 bridgehead atoms. The van der Waals surface area contributed by atoms with Gasteiger partial charge in [0.2, 0.25) is 0 Å². The van der Waals surface area contributed by atoms with Gasteiger partial charge in [0.05, 0.1) is 11.4 Å². The molecule has 4 rings (SSSR count). The van der Waals surface area contributed by atoms with E-state index in [2.05, 4.69) is 11.0 Å². The first-order valence-corrected chi connectivity index (χ1v) is 12.9. The summed E-state index contributed by atoms with van der Waals surface area (Å²) in [4.78, 5) is 30.7. The van der Waals surface area contributed by atoms with Gasteiger partial charge in [-0.3, -0.25) is 19.1 Å². The topological polar surface area (TPSA) is 69.3 Å². The van der Waals surface area contributed by atoms with Crippen molar-refractivity contribution in [1.82, 2.24) is 9.47 Å². The second-order valence-corrected chi connectivity index (χ2v) is 10.4. The maximum absolute atomic E-state index is 13.4. The Morgan fingerprint density at radius 2 is 1.91 bits per heavy atom. The first-order chi connectivity index (χ1) is 16.4. The monoisotopic (exact) mass is 512 g/mol. The van der Waals surface area contributed by atoms with E-state index in [9.17, 15) is 14.9 Å². The van der Waals surface area contributed by atoms with Crippen molar-refractivity contribution in [2.45, 2.75) is 46.2 Å². The first kappa shape index (κ1) is 24.5. The summed E-state index contributed by atoms with van der Waals surface area (Å²) in [7, 11) is 0. The molecular weight excluding hydrogens is 488 g/mol. The highest BCUT2D eigenvalue weighted by atomic mass is 35.5. The zero-order valence-electron chi connectivity index (χ0n) is 19.1. The van der Waals surface area contributed by atoms with Crippen LogP contribution in [0.3, 0.4) is 0 Å². The predicted molar refractivity (Wildman–Crippen MR) is 142 cm³/mol. The van der Waals surface area contributed by atoms with Crippen molar-refractivity contribution in [1.29, 1.82) is 5.26 Å². The molecule has 0 radical (unpaired) electrons. The van der Waals surface area contributed by atoms with Gasteiger partial charge in [0.1, 0.15) is 21.8 Å². The van der Waals surface area contributed by atoms with E-state index in [0.29, 0.717) is 26.4 Å². The number of rotatable bonds is 5. The van der Waals surface area contributed by atoms with Crippen molar-refractivity contribution in [3.8, 4) is 6.07 Å². The minimum Gasteiger partial charge on any atom is -0.357 e. The number of aromatic nitrogens is 1. The van der Waals surface area contributed by atoms with Crippen molar-refractivity contribution in [2.75, 3.05) is 18.0 Å². The summed E-state index contributed by atoms with van der Waals surface area (Å²) in [6, 6.07) is 9.46. The van der Waals surface area contributed by atoms with Crippen LogP contribution in [0.5, 0.6) is 0 Å². The smallest absolute Gasteiger partial charge is 0.270 e. The number of carbonyl (C=O) groups is 1. The maximum atomic E-state index is 13.4. The molecule has 1 amide bonds. The van der Waals surface area contributed by atoms with Gasteiger partial charge in [-0.1, -0.05) is 53.8 Å². The third kappa shape index (κ3) is 4.52. The molecule has 34 heavy (non-hydrogen) atoms. The normalized spacial score (nSPS) is 17.5. The third-order valence-corrected chi connectivity index (χ3v) is 8.00. The molecule has 0 aliphatic carbocycles. The van der Waals surface area contributed by atoms with Crippen LogP contribution in [0.15, 0.2) is 34.0 Å². The average molecular weight is 513 g/mol. The molecule has 1 aromatic carbocycles. The van der Waals surface area contributed by atoms with Crippen LogP contribution in [-0.2, 0) is 17.9 Å². The molecule has 2 aliphatic heterocycles. The molecule has 1 aromatic heterocycles. The van der Waals surface area contributed by atoms with Crippen LogP contribution in [0.1, 0.15) is 48.4 Å². The highest BCUT2D eigenvalue weighted by Crippen LogP contribution is 2.37. The minimum atomic E-state index is -0.286. The molecule has 2 saturated heterocycles. The van der Waals surface area contributed by atoms with E-state index in [0.717, 1.165) is 49.3 Å². The van der Waals surface area contributed by atoms with E-state index in [4.69, 9.17) is 23.8 Å². The molecule has 2 fully saturated rings. The number of hydrogen-bond donors (Lipinski definition) is 0. The summed E-state index contributed by atoms with van der Waals surface area (Å²) in [5.41, 5.74) is 1.97. The molecule has 0 saturated carbocycles. The van der Waals surface area contributed by atoms with Gasteiger partial charge < -0.3 is 4.90 Å². The second kappa shape index (κ2) is 10.3. The molecular formula is C25H25ClN4O2S2. The van der Waals surface area contributed by atoms with Crippen LogP contribution in [0.4, 0.5) is 5.82 Å². The number of nitriles is 1. The lowest BCUT2D eigenvalue weighted by atomic mass is 10.0. The number of thioether (sulfide) groups is 1. The molecule has 2 aliphatic rings. The van der Waals surface area contributed by atoms with Gasteiger partial charge in [0, 0.05) is 30.2 Å². The van der Waals surface area contributed by atoms with Crippen molar-refractivity contribution >= 4 is 57.7 Å². The lowest BCUT2D eigenvalue weighted by molar-refractivity contribution is -0.122. The van der Waals surface area contributed by atoms with Gasteiger partial charge in [0.25, 0.3) is 11.5 Å². The molecule has 0 atom stereocenters. The predicted octanol–water partition coefficient (Wildman–Crippen LogP) is 5.09. The Morgan fingerprint density at radius 3 is 2.56 bits per heavy atom. The Kier molecular flexibility index (Phi) is 7.46. The molecule has 6 nitrogen and oxygen atoms in total. The molecule has 3 heterocycles. The van der Waals surface area contributed by atoms with Gasteiger partial charge in [-0.15, -0.1) is 0 Å². The Hall–Kier alpha value is -2.60. The summed E-state index contributed by atoms with van der Waals surface area (Å²) in [5, 5.41) is 10.3. The van der Waals surface area contributed by atoms with E-state index in [1.807, 2.05) is 25.1 Å². The lowest BCUT2D eigenvalue weighted by Gasteiger charge is -2.33. The standard InChI is InChI=1S/C25H25ClN4O2S2/c1-3-29-22(28-11-7-4-8-12-28)18(16(2)19(14-27)23(29)31)13-21-24(32)30(25(33)34-21)15-17-9-5-6-10-20(17)26/h5-6,9-10,13H,3-4,7-8,11-12,15H2,1-2H3. The van der Waals surface area contributed by atoms with Crippen LogP contribution in [0.2, 0.25) is 5.02 Å². The molecule has 2 aromatic rings. The summed E-state index contributed by atoms with van der Waals surface area (Å²) in [6.07, 6.45) is 5.03. The second-order valence-electron chi connectivity index (χ2n) is 8.31. The Morgan fingerprint density at radius 1 is 1.21 bits per heavy atom. The molecule has 176 valence electrons. The number of anilines is 1. The lowest BCUT2D eigenvalue weighted by Crippen LogP contribution is -2.37. The number of halogens is 1. The number of pyridine rings is 1. The highest BCUT2D eigenvalue weighted by molar-refractivity contribution is 8.26. The van der Waals surface area contributed by atoms with Crippen LogP contribution >= 0.6 is 35.6 Å². The third-order valence-electron chi connectivity index (χ3n) is 6.25. The minimum absolute atomic E-state index is 0.111. The fraction of sp³-hybridized carbons (Fsp3) is 0.360. The van der Waals surface area contributed by atoms with Crippen molar-refractivity contribution < 1.29 is 4.79 Å². The largest absolute Gasteiger partial charge is 0.357 e. The number of benzene rings is 1. The zero-order chi connectivity index (χ0) is 24.4. The molecule has 9 heteroatoms. The number of hydrogen-bond acceptors (Lipinski definition) is 6. The average Bonchev–Trinajstić information content (AvgIpc) is 3.10. The fourth-order valence-electron chi connectivity index (χ4n) is 4.45. The Balaban J connectivity index is 1.81.